The lowest BCUT2D eigenvalue weighted by Gasteiger charge is -2.40. The van der Waals surface area contributed by atoms with Gasteiger partial charge in [0.2, 0.25) is 5.91 Å². The van der Waals surface area contributed by atoms with Crippen molar-refractivity contribution < 1.29 is 33.8 Å². The standard InChI is InChI=1S/C20H35N3O3.C11H19NO4/c1-20(2,3)26-19(25)23-10-8-16(9-11-23)18(24)22-14-12-21(13-15-22)17-6-4-5-7-17;1-11(2,3)16-10(15)12-6-4-8(5-7-12)9(13)14/h16-17H,4-15H2,1-3H3;8H,4-7H2,1-3H3,(H,13,14). The Kier molecular flexibility index (Phi) is 11.9. The van der Waals surface area contributed by atoms with Crippen molar-refractivity contribution in [3.05, 3.63) is 0 Å². The Morgan fingerprint density at radius 2 is 0.976 bits per heavy atom. The zero-order valence-electron chi connectivity index (χ0n) is 26.7. The molecule has 0 bridgehead atoms. The van der Waals surface area contributed by atoms with Gasteiger partial charge < -0.3 is 29.3 Å². The summed E-state index contributed by atoms with van der Waals surface area (Å²) in [6.45, 7) is 17.0. The number of carboxylic acid groups (broad SMARTS) is 1. The van der Waals surface area contributed by atoms with E-state index in [0.717, 1.165) is 45.1 Å². The molecule has 0 atom stereocenters. The maximum atomic E-state index is 12.9. The number of rotatable bonds is 3. The number of piperidine rings is 2. The minimum atomic E-state index is -0.774. The highest BCUT2D eigenvalue weighted by molar-refractivity contribution is 5.79. The van der Waals surface area contributed by atoms with Crippen LogP contribution in [0.2, 0.25) is 0 Å². The third kappa shape index (κ3) is 10.6. The highest BCUT2D eigenvalue weighted by atomic mass is 16.6. The van der Waals surface area contributed by atoms with Gasteiger partial charge in [-0.1, -0.05) is 12.8 Å². The predicted octanol–water partition coefficient (Wildman–Crippen LogP) is 4.44. The predicted molar refractivity (Wildman–Crippen MR) is 159 cm³/mol. The fraction of sp³-hybridized carbons (Fsp3) is 0.871. The summed E-state index contributed by atoms with van der Waals surface area (Å²) in [5.41, 5.74) is -0.969. The normalized spacial score (nSPS) is 21.9. The zero-order valence-corrected chi connectivity index (χ0v) is 26.7. The Morgan fingerprint density at radius 3 is 1.36 bits per heavy atom. The van der Waals surface area contributed by atoms with Gasteiger partial charge in [-0.05, 0) is 80.1 Å². The van der Waals surface area contributed by atoms with Crippen LogP contribution in [0.3, 0.4) is 0 Å². The number of amides is 3. The molecule has 0 radical (unpaired) electrons. The molecule has 11 heteroatoms. The summed E-state index contributed by atoms with van der Waals surface area (Å²) in [5.74, 6) is -0.742. The van der Waals surface area contributed by atoms with E-state index in [9.17, 15) is 19.2 Å². The number of nitrogens with zero attached hydrogens (tertiary/aromatic N) is 4. The molecule has 0 unspecified atom stereocenters. The monoisotopic (exact) mass is 594 g/mol. The van der Waals surface area contributed by atoms with Gasteiger partial charge >= 0.3 is 18.2 Å². The minimum Gasteiger partial charge on any atom is -0.481 e. The van der Waals surface area contributed by atoms with E-state index in [4.69, 9.17) is 14.6 Å². The topological polar surface area (TPSA) is 120 Å². The average molecular weight is 595 g/mol. The number of ether oxygens (including phenoxy) is 2. The molecule has 4 fully saturated rings. The van der Waals surface area contributed by atoms with Crippen molar-refractivity contribution in [1.29, 1.82) is 0 Å². The molecule has 3 amide bonds. The molecule has 4 rings (SSSR count). The van der Waals surface area contributed by atoms with E-state index < -0.39 is 17.2 Å². The number of carbonyl (C=O) groups excluding carboxylic acids is 3. The van der Waals surface area contributed by atoms with Crippen molar-refractivity contribution in [3.8, 4) is 0 Å². The summed E-state index contributed by atoms with van der Waals surface area (Å²) in [7, 11) is 0. The number of likely N-dealkylation sites (tertiary alicyclic amines) is 2. The molecule has 42 heavy (non-hydrogen) atoms. The lowest BCUT2D eigenvalue weighted by Crippen LogP contribution is -2.53. The second-order valence-electron chi connectivity index (χ2n) is 14.1. The molecule has 3 heterocycles. The Balaban J connectivity index is 0.000000260. The van der Waals surface area contributed by atoms with Crippen LogP contribution in [0, 0.1) is 11.8 Å². The number of hydrogen-bond donors (Lipinski definition) is 1. The summed E-state index contributed by atoms with van der Waals surface area (Å²) in [4.78, 5) is 55.3. The van der Waals surface area contributed by atoms with Crippen LogP contribution in [0.25, 0.3) is 0 Å². The third-order valence-electron chi connectivity index (χ3n) is 8.46. The second-order valence-corrected chi connectivity index (χ2v) is 14.1. The molecule has 0 spiro atoms. The SMILES string of the molecule is CC(C)(C)OC(=O)N1CCC(C(=O)N2CCN(C3CCCC3)CC2)CC1.CC(C)(C)OC(=O)N1CCC(C(=O)O)CC1. The van der Waals surface area contributed by atoms with Crippen molar-refractivity contribution in [2.45, 2.75) is 110 Å². The first kappa shape index (κ1) is 33.9. The number of piperazine rings is 1. The summed E-state index contributed by atoms with van der Waals surface area (Å²) >= 11 is 0. The van der Waals surface area contributed by atoms with Crippen molar-refractivity contribution in [2.75, 3.05) is 52.4 Å². The van der Waals surface area contributed by atoms with E-state index in [0.29, 0.717) is 44.9 Å². The number of aliphatic carboxylic acids is 1. The van der Waals surface area contributed by atoms with Gasteiger partial charge in [0, 0.05) is 64.3 Å². The highest BCUT2D eigenvalue weighted by Gasteiger charge is 2.34. The van der Waals surface area contributed by atoms with Gasteiger partial charge in [0.05, 0.1) is 5.92 Å². The van der Waals surface area contributed by atoms with Gasteiger partial charge in [0.15, 0.2) is 0 Å². The van der Waals surface area contributed by atoms with E-state index >= 15 is 0 Å². The third-order valence-corrected chi connectivity index (χ3v) is 8.46. The van der Waals surface area contributed by atoms with E-state index in [1.807, 2.05) is 41.5 Å². The van der Waals surface area contributed by atoms with E-state index in [1.54, 1.807) is 9.80 Å². The molecular formula is C31H54N4O7. The largest absolute Gasteiger partial charge is 0.481 e. The summed E-state index contributed by atoms with van der Waals surface area (Å²) in [6, 6.07) is 0.754. The smallest absolute Gasteiger partial charge is 0.410 e. The van der Waals surface area contributed by atoms with Gasteiger partial charge in [-0.25, -0.2) is 9.59 Å². The van der Waals surface area contributed by atoms with E-state index in [2.05, 4.69) is 9.80 Å². The molecule has 11 nitrogen and oxygen atoms in total. The zero-order chi connectivity index (χ0) is 31.1. The van der Waals surface area contributed by atoms with E-state index in [1.165, 1.54) is 25.7 Å². The van der Waals surface area contributed by atoms with Crippen LogP contribution >= 0.6 is 0 Å². The van der Waals surface area contributed by atoms with Crippen LogP contribution < -0.4 is 0 Å². The van der Waals surface area contributed by atoms with Gasteiger partial charge in [0.1, 0.15) is 11.2 Å². The molecule has 0 aromatic rings. The fourth-order valence-corrected chi connectivity index (χ4v) is 6.11. The molecule has 3 saturated heterocycles. The lowest BCUT2D eigenvalue weighted by atomic mass is 9.95. The number of hydrogen-bond acceptors (Lipinski definition) is 7. The number of carboxylic acids is 1. The number of carbonyl (C=O) groups is 4. The molecule has 0 aromatic heterocycles. The lowest BCUT2D eigenvalue weighted by molar-refractivity contribution is -0.143. The van der Waals surface area contributed by atoms with Crippen LogP contribution in [0.1, 0.15) is 92.9 Å². The molecule has 1 aliphatic carbocycles. The van der Waals surface area contributed by atoms with E-state index in [-0.39, 0.29) is 24.0 Å². The van der Waals surface area contributed by atoms with Crippen molar-refractivity contribution in [2.24, 2.45) is 11.8 Å². The first-order chi connectivity index (χ1) is 19.6. The Bertz CT molecular complexity index is 915. The molecule has 1 N–H and O–H groups in total. The van der Waals surface area contributed by atoms with Gasteiger partial charge in [0.25, 0.3) is 0 Å². The summed E-state index contributed by atoms with van der Waals surface area (Å²) in [6.07, 6.45) is 7.30. The summed E-state index contributed by atoms with van der Waals surface area (Å²) in [5, 5.41) is 8.81. The maximum absolute atomic E-state index is 12.9. The Labute approximate surface area is 251 Å². The van der Waals surface area contributed by atoms with Crippen LogP contribution in [-0.2, 0) is 19.1 Å². The molecule has 3 aliphatic heterocycles. The maximum Gasteiger partial charge on any atom is 0.410 e. The quantitative estimate of drug-likeness (QED) is 0.509. The molecule has 0 aromatic carbocycles. The molecule has 4 aliphatic rings. The van der Waals surface area contributed by atoms with Crippen LogP contribution in [0.5, 0.6) is 0 Å². The highest BCUT2D eigenvalue weighted by Crippen LogP contribution is 2.26. The van der Waals surface area contributed by atoms with Crippen molar-refractivity contribution >= 4 is 24.1 Å². The Hall–Kier alpha value is -2.56. The average Bonchev–Trinajstić information content (AvgIpc) is 3.47. The van der Waals surface area contributed by atoms with Gasteiger partial charge in [-0.15, -0.1) is 0 Å². The van der Waals surface area contributed by atoms with Crippen LogP contribution in [-0.4, -0.2) is 118 Å². The summed E-state index contributed by atoms with van der Waals surface area (Å²) < 4.78 is 10.6. The van der Waals surface area contributed by atoms with Gasteiger partial charge in [-0.3, -0.25) is 14.5 Å². The first-order valence-electron chi connectivity index (χ1n) is 15.8. The Morgan fingerprint density at radius 1 is 0.571 bits per heavy atom. The minimum absolute atomic E-state index is 0.0618. The van der Waals surface area contributed by atoms with Crippen molar-refractivity contribution in [3.63, 3.8) is 0 Å². The van der Waals surface area contributed by atoms with Crippen LogP contribution in [0.4, 0.5) is 9.59 Å². The first-order valence-corrected chi connectivity index (χ1v) is 15.8. The van der Waals surface area contributed by atoms with Crippen LogP contribution in [0.15, 0.2) is 0 Å². The molecule has 1 saturated carbocycles. The second kappa shape index (κ2) is 14.8. The van der Waals surface area contributed by atoms with Crippen molar-refractivity contribution in [1.82, 2.24) is 19.6 Å². The molecular weight excluding hydrogens is 540 g/mol. The van der Waals surface area contributed by atoms with Gasteiger partial charge in [-0.2, -0.15) is 0 Å². The molecule has 240 valence electrons. The fourth-order valence-electron chi connectivity index (χ4n) is 6.11.